The fourth-order valence-electron chi connectivity index (χ4n) is 2.75. The second kappa shape index (κ2) is 5.97. The SMILES string of the molecule is CCC(C)n1c(=O)ccc2cnc(Nc3ccc4n[nH]nc4c3)nc21. The van der Waals surface area contributed by atoms with Crippen molar-refractivity contribution in [1.82, 2.24) is 29.9 Å². The van der Waals surface area contributed by atoms with Gasteiger partial charge in [-0.3, -0.25) is 9.36 Å². The first-order valence-corrected chi connectivity index (χ1v) is 8.11. The van der Waals surface area contributed by atoms with E-state index in [4.69, 9.17) is 0 Å². The van der Waals surface area contributed by atoms with E-state index >= 15 is 0 Å². The average Bonchev–Trinajstić information content (AvgIpc) is 3.08. The number of anilines is 2. The first-order valence-electron chi connectivity index (χ1n) is 8.11. The van der Waals surface area contributed by atoms with Gasteiger partial charge in [-0.05, 0) is 37.6 Å². The molecule has 0 aliphatic rings. The van der Waals surface area contributed by atoms with Crippen molar-refractivity contribution < 1.29 is 0 Å². The van der Waals surface area contributed by atoms with Crippen LogP contribution in [0.25, 0.3) is 22.1 Å². The summed E-state index contributed by atoms with van der Waals surface area (Å²) in [7, 11) is 0. The molecule has 0 spiro atoms. The summed E-state index contributed by atoms with van der Waals surface area (Å²) in [4.78, 5) is 21.2. The van der Waals surface area contributed by atoms with Gasteiger partial charge in [0, 0.05) is 29.4 Å². The fraction of sp³-hybridized carbons (Fsp3) is 0.235. The van der Waals surface area contributed by atoms with E-state index in [1.54, 1.807) is 22.9 Å². The van der Waals surface area contributed by atoms with Gasteiger partial charge in [0.15, 0.2) is 0 Å². The molecule has 0 fully saturated rings. The van der Waals surface area contributed by atoms with E-state index in [-0.39, 0.29) is 11.6 Å². The van der Waals surface area contributed by atoms with Crippen molar-refractivity contribution in [3.05, 3.63) is 46.9 Å². The van der Waals surface area contributed by atoms with Crippen LogP contribution in [0.5, 0.6) is 0 Å². The smallest absolute Gasteiger partial charge is 0.252 e. The largest absolute Gasteiger partial charge is 0.324 e. The Morgan fingerprint density at radius 3 is 2.88 bits per heavy atom. The quantitative estimate of drug-likeness (QED) is 0.594. The molecule has 8 nitrogen and oxygen atoms in total. The predicted molar refractivity (Wildman–Crippen MR) is 96.0 cm³/mol. The van der Waals surface area contributed by atoms with Crippen molar-refractivity contribution in [2.75, 3.05) is 5.32 Å². The normalized spacial score (nSPS) is 12.6. The van der Waals surface area contributed by atoms with Crippen molar-refractivity contribution in [3.8, 4) is 0 Å². The lowest BCUT2D eigenvalue weighted by molar-refractivity contribution is 0.528. The summed E-state index contributed by atoms with van der Waals surface area (Å²) < 4.78 is 1.71. The molecule has 2 N–H and O–H groups in total. The van der Waals surface area contributed by atoms with E-state index in [9.17, 15) is 4.79 Å². The molecule has 0 radical (unpaired) electrons. The van der Waals surface area contributed by atoms with Crippen molar-refractivity contribution in [2.45, 2.75) is 26.3 Å². The Bertz CT molecular complexity index is 1110. The van der Waals surface area contributed by atoms with E-state index < -0.39 is 0 Å². The monoisotopic (exact) mass is 335 g/mol. The van der Waals surface area contributed by atoms with Crippen LogP contribution in [0, 0.1) is 0 Å². The number of rotatable bonds is 4. The zero-order chi connectivity index (χ0) is 17.4. The molecule has 0 bridgehead atoms. The summed E-state index contributed by atoms with van der Waals surface area (Å²) in [5.41, 5.74) is 2.91. The minimum absolute atomic E-state index is 0.0597. The third kappa shape index (κ3) is 2.71. The number of aromatic nitrogens is 6. The van der Waals surface area contributed by atoms with Gasteiger partial charge < -0.3 is 5.32 Å². The van der Waals surface area contributed by atoms with Crippen LogP contribution >= 0.6 is 0 Å². The van der Waals surface area contributed by atoms with Crippen molar-refractivity contribution in [2.24, 2.45) is 0 Å². The second-order valence-electron chi connectivity index (χ2n) is 5.92. The molecule has 0 amide bonds. The molecule has 0 saturated carbocycles. The minimum atomic E-state index is -0.0597. The molecule has 3 heterocycles. The van der Waals surface area contributed by atoms with Gasteiger partial charge in [0.2, 0.25) is 5.95 Å². The Balaban J connectivity index is 1.78. The van der Waals surface area contributed by atoms with E-state index in [2.05, 4.69) is 30.7 Å². The predicted octanol–water partition coefficient (Wildman–Crippen LogP) is 2.78. The van der Waals surface area contributed by atoms with Gasteiger partial charge in [-0.15, -0.1) is 0 Å². The fourth-order valence-corrected chi connectivity index (χ4v) is 2.75. The molecule has 1 atom stereocenters. The van der Waals surface area contributed by atoms with Crippen LogP contribution in [-0.4, -0.2) is 29.9 Å². The lowest BCUT2D eigenvalue weighted by Gasteiger charge is -2.15. The third-order valence-electron chi connectivity index (χ3n) is 4.27. The van der Waals surface area contributed by atoms with Crippen LogP contribution in [0.2, 0.25) is 0 Å². The summed E-state index contributed by atoms with van der Waals surface area (Å²) in [6.45, 7) is 4.05. The number of pyridine rings is 1. The average molecular weight is 335 g/mol. The highest BCUT2D eigenvalue weighted by atomic mass is 16.1. The topological polar surface area (TPSA) is 101 Å². The molecular formula is C17H17N7O. The zero-order valence-corrected chi connectivity index (χ0v) is 13.9. The number of fused-ring (bicyclic) bond motifs is 2. The molecular weight excluding hydrogens is 318 g/mol. The number of nitrogens with one attached hydrogen (secondary N) is 2. The molecule has 25 heavy (non-hydrogen) atoms. The van der Waals surface area contributed by atoms with Gasteiger partial charge in [-0.1, -0.05) is 6.92 Å². The van der Waals surface area contributed by atoms with Crippen LogP contribution in [0.3, 0.4) is 0 Å². The Labute approximate surface area is 142 Å². The van der Waals surface area contributed by atoms with E-state index in [0.29, 0.717) is 11.6 Å². The number of hydrogen-bond donors (Lipinski definition) is 2. The Morgan fingerprint density at radius 2 is 2.04 bits per heavy atom. The van der Waals surface area contributed by atoms with E-state index in [1.165, 1.54) is 0 Å². The zero-order valence-electron chi connectivity index (χ0n) is 13.9. The molecule has 0 aliphatic carbocycles. The molecule has 1 aromatic carbocycles. The van der Waals surface area contributed by atoms with Gasteiger partial charge in [-0.2, -0.15) is 20.4 Å². The first-order chi connectivity index (χ1) is 12.2. The highest BCUT2D eigenvalue weighted by Gasteiger charge is 2.11. The maximum Gasteiger partial charge on any atom is 0.252 e. The second-order valence-corrected chi connectivity index (χ2v) is 5.92. The van der Waals surface area contributed by atoms with Gasteiger partial charge in [-0.25, -0.2) is 4.98 Å². The number of hydrogen-bond acceptors (Lipinski definition) is 6. The van der Waals surface area contributed by atoms with Crippen molar-refractivity contribution >= 4 is 33.7 Å². The maximum atomic E-state index is 12.3. The van der Waals surface area contributed by atoms with Gasteiger partial charge >= 0.3 is 0 Å². The summed E-state index contributed by atoms with van der Waals surface area (Å²) in [5, 5.41) is 14.7. The van der Waals surface area contributed by atoms with Gasteiger partial charge in [0.05, 0.1) is 0 Å². The summed E-state index contributed by atoms with van der Waals surface area (Å²) in [6, 6.07) is 8.97. The lowest BCUT2D eigenvalue weighted by atomic mass is 10.2. The molecule has 126 valence electrons. The Hall–Kier alpha value is -3.29. The number of benzene rings is 1. The maximum absolute atomic E-state index is 12.3. The number of nitrogens with zero attached hydrogens (tertiary/aromatic N) is 5. The molecule has 0 aliphatic heterocycles. The third-order valence-corrected chi connectivity index (χ3v) is 4.27. The molecule has 8 heteroatoms. The molecule has 4 rings (SSSR count). The summed E-state index contributed by atoms with van der Waals surface area (Å²) in [6.07, 6.45) is 2.56. The first kappa shape index (κ1) is 15.3. The highest BCUT2D eigenvalue weighted by molar-refractivity contribution is 5.80. The number of H-pyrrole nitrogens is 1. The molecule has 1 unspecified atom stereocenters. The highest BCUT2D eigenvalue weighted by Crippen LogP contribution is 2.20. The summed E-state index contributed by atoms with van der Waals surface area (Å²) >= 11 is 0. The molecule has 3 aromatic heterocycles. The van der Waals surface area contributed by atoms with Gasteiger partial charge in [0.25, 0.3) is 5.56 Å². The van der Waals surface area contributed by atoms with Crippen LogP contribution in [0.1, 0.15) is 26.3 Å². The minimum Gasteiger partial charge on any atom is -0.324 e. The van der Waals surface area contributed by atoms with Crippen LogP contribution in [0.4, 0.5) is 11.6 Å². The number of aromatic amines is 1. The molecule has 0 saturated heterocycles. The van der Waals surface area contributed by atoms with Crippen molar-refractivity contribution in [3.63, 3.8) is 0 Å². The van der Waals surface area contributed by atoms with Gasteiger partial charge in [0.1, 0.15) is 16.7 Å². The van der Waals surface area contributed by atoms with E-state index in [0.717, 1.165) is 28.5 Å². The van der Waals surface area contributed by atoms with Crippen molar-refractivity contribution in [1.29, 1.82) is 0 Å². The Morgan fingerprint density at radius 1 is 1.20 bits per heavy atom. The van der Waals surface area contributed by atoms with Crippen LogP contribution < -0.4 is 10.9 Å². The van der Waals surface area contributed by atoms with Crippen LogP contribution in [0.15, 0.2) is 41.3 Å². The molecule has 4 aromatic rings. The Kier molecular flexibility index (Phi) is 3.64. The summed E-state index contributed by atoms with van der Waals surface area (Å²) in [5.74, 6) is 0.429. The standard InChI is InChI=1S/C17H17N7O/c1-3-10(2)24-15(25)7-4-11-9-18-17(20-16(11)24)19-12-5-6-13-14(8-12)22-23-21-13/h4-10H,3H2,1-2H3,(H,18,19,20)(H,21,22,23). The van der Waals surface area contributed by atoms with Crippen LogP contribution in [-0.2, 0) is 0 Å². The van der Waals surface area contributed by atoms with E-state index in [1.807, 2.05) is 32.0 Å². The lowest BCUT2D eigenvalue weighted by Crippen LogP contribution is -2.23.